The van der Waals surface area contributed by atoms with Crippen LogP contribution in [-0.4, -0.2) is 0 Å². The number of unbranched alkanes of at least 4 members (excludes halogenated alkanes) is 3. The molecule has 0 atom stereocenters. The molecule has 11 heavy (non-hydrogen) atoms. The summed E-state index contributed by atoms with van der Waals surface area (Å²) < 4.78 is 0. The van der Waals surface area contributed by atoms with Gasteiger partial charge in [-0.25, -0.2) is 0 Å². The van der Waals surface area contributed by atoms with Crippen LogP contribution in [0.25, 0.3) is 0 Å². The number of rotatable bonds is 6. The average Bonchev–Trinajstić information content (AvgIpc) is 1.99. The van der Waals surface area contributed by atoms with Gasteiger partial charge in [-0.2, -0.15) is 0 Å². The molecule has 0 saturated heterocycles. The van der Waals surface area contributed by atoms with Crippen molar-refractivity contribution in [2.75, 3.05) is 0 Å². The third-order valence-corrected chi connectivity index (χ3v) is 1.98. The molecule has 66 valence electrons. The first kappa shape index (κ1) is 10.7. The summed E-state index contributed by atoms with van der Waals surface area (Å²) in [4.78, 5) is 0. The Bertz CT molecular complexity index is 101. The molecule has 0 heterocycles. The maximum atomic E-state index is 2.34. The second kappa shape index (κ2) is 7.84. The minimum atomic E-state index is 1.19. The molecule has 0 aliphatic carbocycles. The molecule has 0 spiro atoms. The first-order valence-electron chi connectivity index (χ1n) is 4.96. The molecule has 0 saturated carbocycles. The Morgan fingerprint density at radius 2 is 1.82 bits per heavy atom. The maximum absolute atomic E-state index is 2.34. The van der Waals surface area contributed by atoms with Gasteiger partial charge >= 0.3 is 0 Å². The van der Waals surface area contributed by atoms with Crippen LogP contribution in [0.3, 0.4) is 0 Å². The van der Waals surface area contributed by atoms with Gasteiger partial charge in [0.25, 0.3) is 0 Å². The molecule has 0 heteroatoms. The summed E-state index contributed by atoms with van der Waals surface area (Å²) in [6.45, 7) is 6.71. The Balaban J connectivity index is 3.17. The Kier molecular flexibility index (Phi) is 7.66. The second-order valence-corrected chi connectivity index (χ2v) is 3.27. The van der Waals surface area contributed by atoms with Crippen molar-refractivity contribution >= 4 is 0 Å². The number of hydrogen-bond donors (Lipinski definition) is 0. The van der Waals surface area contributed by atoms with E-state index < -0.39 is 0 Å². The lowest BCUT2D eigenvalue weighted by Crippen LogP contribution is -1.79. The van der Waals surface area contributed by atoms with Crippen molar-refractivity contribution in [3.63, 3.8) is 0 Å². The molecular formula is C11H22. The van der Waals surface area contributed by atoms with Crippen molar-refractivity contribution in [3.05, 3.63) is 11.6 Å². The van der Waals surface area contributed by atoms with Crippen LogP contribution in [0.5, 0.6) is 0 Å². The summed E-state index contributed by atoms with van der Waals surface area (Å²) >= 11 is 0. The van der Waals surface area contributed by atoms with Crippen molar-refractivity contribution < 1.29 is 0 Å². The van der Waals surface area contributed by atoms with Crippen LogP contribution in [0.4, 0.5) is 0 Å². The molecule has 0 aromatic carbocycles. The first-order valence-corrected chi connectivity index (χ1v) is 4.96. The third-order valence-electron chi connectivity index (χ3n) is 1.98. The molecule has 0 fully saturated rings. The van der Waals surface area contributed by atoms with Gasteiger partial charge in [-0.1, -0.05) is 44.8 Å². The quantitative estimate of drug-likeness (QED) is 0.395. The van der Waals surface area contributed by atoms with Crippen molar-refractivity contribution in [3.8, 4) is 0 Å². The lowest BCUT2D eigenvalue weighted by molar-refractivity contribution is 0.663. The molecule has 0 aromatic rings. The van der Waals surface area contributed by atoms with E-state index in [4.69, 9.17) is 0 Å². The second-order valence-electron chi connectivity index (χ2n) is 3.27. The van der Waals surface area contributed by atoms with E-state index in [2.05, 4.69) is 26.8 Å². The molecule has 0 bridgehead atoms. The lowest BCUT2D eigenvalue weighted by Gasteiger charge is -1.99. The van der Waals surface area contributed by atoms with Gasteiger partial charge in [0, 0.05) is 0 Å². The predicted molar refractivity (Wildman–Crippen MR) is 52.8 cm³/mol. The fourth-order valence-electron chi connectivity index (χ4n) is 1.28. The molecule has 0 aliphatic heterocycles. The summed E-state index contributed by atoms with van der Waals surface area (Å²) in [6, 6.07) is 0. The smallest absolute Gasteiger partial charge is 0.0323 e. The Morgan fingerprint density at radius 1 is 1.09 bits per heavy atom. The Hall–Kier alpha value is -0.260. The van der Waals surface area contributed by atoms with Crippen LogP contribution < -0.4 is 0 Å². The lowest BCUT2D eigenvalue weighted by atomic mass is 10.1. The molecule has 0 aromatic heterocycles. The normalized spacial score (nSPS) is 12.1. The molecule has 0 N–H and O–H groups in total. The summed E-state index contributed by atoms with van der Waals surface area (Å²) in [5, 5.41) is 0. The summed E-state index contributed by atoms with van der Waals surface area (Å²) in [5.74, 6) is 0. The van der Waals surface area contributed by atoms with Crippen molar-refractivity contribution in [2.45, 2.75) is 59.3 Å². The van der Waals surface area contributed by atoms with Gasteiger partial charge < -0.3 is 0 Å². The fourth-order valence-corrected chi connectivity index (χ4v) is 1.28. The fraction of sp³-hybridized carbons (Fsp3) is 0.818. The van der Waals surface area contributed by atoms with Crippen LogP contribution in [0, 0.1) is 0 Å². The van der Waals surface area contributed by atoms with Crippen molar-refractivity contribution in [1.82, 2.24) is 0 Å². The Morgan fingerprint density at radius 3 is 2.36 bits per heavy atom. The minimum absolute atomic E-state index is 1.19. The van der Waals surface area contributed by atoms with E-state index in [-0.39, 0.29) is 0 Å². The van der Waals surface area contributed by atoms with E-state index in [1.165, 1.54) is 38.5 Å². The minimum Gasteiger partial charge on any atom is -0.0859 e. The largest absolute Gasteiger partial charge is 0.0859 e. The van der Waals surface area contributed by atoms with Gasteiger partial charge in [0.05, 0.1) is 0 Å². The highest BCUT2D eigenvalue weighted by Gasteiger charge is 1.89. The highest BCUT2D eigenvalue weighted by Crippen LogP contribution is 2.09. The third kappa shape index (κ3) is 7.64. The Labute approximate surface area is 71.7 Å². The van der Waals surface area contributed by atoms with Crippen LogP contribution in [0.1, 0.15) is 59.3 Å². The van der Waals surface area contributed by atoms with E-state index in [0.717, 1.165) is 0 Å². The SMILES string of the molecule is CC/C=C(/C)CCCCCC. The number of allylic oxidation sites excluding steroid dienone is 2. The standard InChI is InChI=1S/C11H22/c1-4-6-7-8-10-11(3)9-5-2/h9H,4-8,10H2,1-3H3/b11-9-. The highest BCUT2D eigenvalue weighted by atomic mass is 14.0. The molecule has 0 rings (SSSR count). The zero-order chi connectivity index (χ0) is 8.53. The van der Waals surface area contributed by atoms with Gasteiger partial charge in [-0.05, 0) is 26.2 Å². The zero-order valence-corrected chi connectivity index (χ0v) is 8.32. The molecule has 0 unspecified atom stereocenters. The van der Waals surface area contributed by atoms with Crippen LogP contribution >= 0.6 is 0 Å². The monoisotopic (exact) mass is 154 g/mol. The van der Waals surface area contributed by atoms with Gasteiger partial charge in [-0.3, -0.25) is 0 Å². The maximum Gasteiger partial charge on any atom is -0.0323 e. The van der Waals surface area contributed by atoms with Gasteiger partial charge in [-0.15, -0.1) is 0 Å². The van der Waals surface area contributed by atoms with E-state index in [0.29, 0.717) is 0 Å². The van der Waals surface area contributed by atoms with E-state index >= 15 is 0 Å². The topological polar surface area (TPSA) is 0 Å². The van der Waals surface area contributed by atoms with Gasteiger partial charge in [0.2, 0.25) is 0 Å². The summed E-state index contributed by atoms with van der Waals surface area (Å²) in [5.41, 5.74) is 1.57. The molecule has 0 radical (unpaired) electrons. The van der Waals surface area contributed by atoms with Crippen LogP contribution in [0.15, 0.2) is 11.6 Å². The van der Waals surface area contributed by atoms with Crippen LogP contribution in [0.2, 0.25) is 0 Å². The average molecular weight is 154 g/mol. The molecule has 0 aliphatic rings. The van der Waals surface area contributed by atoms with Crippen LogP contribution in [-0.2, 0) is 0 Å². The first-order chi connectivity index (χ1) is 5.31. The number of hydrogen-bond acceptors (Lipinski definition) is 0. The zero-order valence-electron chi connectivity index (χ0n) is 8.32. The molecule has 0 amide bonds. The molecular weight excluding hydrogens is 132 g/mol. The molecule has 0 nitrogen and oxygen atoms in total. The van der Waals surface area contributed by atoms with Crippen molar-refractivity contribution in [2.24, 2.45) is 0 Å². The van der Waals surface area contributed by atoms with Gasteiger partial charge in [0.1, 0.15) is 0 Å². The van der Waals surface area contributed by atoms with E-state index in [1.807, 2.05) is 0 Å². The van der Waals surface area contributed by atoms with E-state index in [9.17, 15) is 0 Å². The van der Waals surface area contributed by atoms with E-state index in [1.54, 1.807) is 5.57 Å². The predicted octanol–water partition coefficient (Wildman–Crippen LogP) is 4.31. The van der Waals surface area contributed by atoms with Gasteiger partial charge in [0.15, 0.2) is 0 Å². The van der Waals surface area contributed by atoms with Crippen molar-refractivity contribution in [1.29, 1.82) is 0 Å². The highest BCUT2D eigenvalue weighted by molar-refractivity contribution is 4.96. The summed E-state index contributed by atoms with van der Waals surface area (Å²) in [6.07, 6.45) is 10.4. The summed E-state index contributed by atoms with van der Waals surface area (Å²) in [7, 11) is 0.